The molecule has 0 spiro atoms. The molecular formula is C25H35ClN6O2. The van der Waals surface area contributed by atoms with Crippen LogP contribution < -0.4 is 15.4 Å². The quantitative estimate of drug-likeness (QED) is 0.481. The summed E-state index contributed by atoms with van der Waals surface area (Å²) < 4.78 is 5.95. The number of anilines is 3. The highest BCUT2D eigenvalue weighted by atomic mass is 35.5. The molecule has 0 atom stereocenters. The Morgan fingerprint density at radius 3 is 2.74 bits per heavy atom. The third-order valence-corrected chi connectivity index (χ3v) is 6.86. The van der Waals surface area contributed by atoms with Gasteiger partial charge in [-0.1, -0.05) is 11.6 Å². The number of benzene rings is 1. The molecule has 1 amide bonds. The molecule has 3 heterocycles. The van der Waals surface area contributed by atoms with Gasteiger partial charge < -0.3 is 25.2 Å². The molecule has 4 rings (SSSR count). The molecule has 8 nitrogen and oxygen atoms in total. The van der Waals surface area contributed by atoms with Crippen molar-refractivity contribution in [2.45, 2.75) is 39.0 Å². The Morgan fingerprint density at radius 2 is 1.97 bits per heavy atom. The van der Waals surface area contributed by atoms with E-state index >= 15 is 0 Å². The van der Waals surface area contributed by atoms with E-state index in [-0.39, 0.29) is 5.91 Å². The number of nitrogens with one attached hydrogen (secondary N) is 2. The molecule has 0 radical (unpaired) electrons. The van der Waals surface area contributed by atoms with Crippen LogP contribution in [-0.4, -0.2) is 71.6 Å². The van der Waals surface area contributed by atoms with Gasteiger partial charge in [-0.05, 0) is 69.3 Å². The molecular weight excluding hydrogens is 452 g/mol. The van der Waals surface area contributed by atoms with Gasteiger partial charge >= 0.3 is 0 Å². The minimum atomic E-state index is 0.163. The maximum atomic E-state index is 11.5. The van der Waals surface area contributed by atoms with Gasteiger partial charge in [0, 0.05) is 51.1 Å². The third-order valence-electron chi connectivity index (χ3n) is 6.55. The summed E-state index contributed by atoms with van der Waals surface area (Å²) in [7, 11) is 0. The Labute approximate surface area is 207 Å². The molecule has 0 bridgehead atoms. The maximum absolute atomic E-state index is 11.5. The second-order valence-corrected chi connectivity index (χ2v) is 9.52. The summed E-state index contributed by atoms with van der Waals surface area (Å²) in [5.41, 5.74) is 0.827. The van der Waals surface area contributed by atoms with Crippen molar-refractivity contribution in [2.75, 3.05) is 56.5 Å². The zero-order valence-electron chi connectivity index (χ0n) is 19.9. The number of hydrogen-bond donors (Lipinski definition) is 2. The van der Waals surface area contributed by atoms with Gasteiger partial charge in [-0.15, -0.1) is 0 Å². The van der Waals surface area contributed by atoms with Gasteiger partial charge in [-0.3, -0.25) is 4.79 Å². The van der Waals surface area contributed by atoms with Crippen LogP contribution in [0.5, 0.6) is 5.75 Å². The molecule has 1 aromatic heterocycles. The number of halogens is 1. The van der Waals surface area contributed by atoms with Crippen molar-refractivity contribution in [3.63, 3.8) is 0 Å². The highest BCUT2D eigenvalue weighted by Gasteiger charge is 2.20. The number of hydrogen-bond acceptors (Lipinski definition) is 7. The van der Waals surface area contributed by atoms with Crippen LogP contribution in [0.2, 0.25) is 5.02 Å². The number of likely N-dealkylation sites (tertiary alicyclic amines) is 2. The molecule has 0 aliphatic carbocycles. The van der Waals surface area contributed by atoms with E-state index < -0.39 is 0 Å². The zero-order chi connectivity index (χ0) is 23.8. The molecule has 9 heteroatoms. The van der Waals surface area contributed by atoms with Crippen LogP contribution >= 0.6 is 11.6 Å². The lowest BCUT2D eigenvalue weighted by Crippen LogP contribution is -2.38. The summed E-state index contributed by atoms with van der Waals surface area (Å²) >= 11 is 6.35. The zero-order valence-corrected chi connectivity index (χ0v) is 20.7. The van der Waals surface area contributed by atoms with E-state index in [1.165, 1.54) is 25.9 Å². The Morgan fingerprint density at radius 1 is 1.18 bits per heavy atom. The molecule has 184 valence electrons. The molecule has 2 aliphatic rings. The fourth-order valence-electron chi connectivity index (χ4n) is 4.52. The topological polar surface area (TPSA) is 82.6 Å². The van der Waals surface area contributed by atoms with E-state index in [9.17, 15) is 4.79 Å². The van der Waals surface area contributed by atoms with Crippen LogP contribution in [0, 0.1) is 5.92 Å². The first-order valence-corrected chi connectivity index (χ1v) is 12.7. The molecule has 34 heavy (non-hydrogen) atoms. The summed E-state index contributed by atoms with van der Waals surface area (Å²) in [6.45, 7) is 8.24. The van der Waals surface area contributed by atoms with Crippen LogP contribution in [0.15, 0.2) is 30.5 Å². The molecule has 1 aromatic carbocycles. The van der Waals surface area contributed by atoms with Crippen molar-refractivity contribution < 1.29 is 9.53 Å². The first-order valence-electron chi connectivity index (χ1n) is 12.3. The van der Waals surface area contributed by atoms with Crippen molar-refractivity contribution in [3.05, 3.63) is 35.5 Å². The lowest BCUT2D eigenvalue weighted by Gasteiger charge is -2.31. The van der Waals surface area contributed by atoms with Gasteiger partial charge in [0.1, 0.15) is 11.6 Å². The molecule has 0 saturated carbocycles. The number of nitrogens with zero attached hydrogens (tertiary/aromatic N) is 4. The number of ether oxygens (including phenoxy) is 1. The molecule has 2 N–H and O–H groups in total. The van der Waals surface area contributed by atoms with Crippen molar-refractivity contribution in [2.24, 2.45) is 5.92 Å². The van der Waals surface area contributed by atoms with E-state index in [4.69, 9.17) is 16.3 Å². The third kappa shape index (κ3) is 7.21. The van der Waals surface area contributed by atoms with Crippen LogP contribution in [0.4, 0.5) is 17.5 Å². The minimum absolute atomic E-state index is 0.163. The van der Waals surface area contributed by atoms with Gasteiger partial charge in [0.25, 0.3) is 0 Å². The first kappa shape index (κ1) is 24.5. The summed E-state index contributed by atoms with van der Waals surface area (Å²) in [4.78, 5) is 24.8. The smallest absolute Gasteiger partial charge is 0.229 e. The molecule has 2 aromatic rings. The summed E-state index contributed by atoms with van der Waals surface area (Å²) in [6, 6.07) is 7.48. The largest absolute Gasteiger partial charge is 0.492 e. The number of aromatic nitrogens is 2. The molecule has 2 aliphatic heterocycles. The van der Waals surface area contributed by atoms with Crippen LogP contribution in [0.3, 0.4) is 0 Å². The second kappa shape index (κ2) is 12.2. The minimum Gasteiger partial charge on any atom is -0.492 e. The first-order chi connectivity index (χ1) is 16.6. The fraction of sp³-hybridized carbons (Fsp3) is 0.560. The number of amides is 1. The number of carbonyl (C=O) groups excluding carboxylic acids is 1. The lowest BCUT2D eigenvalue weighted by molar-refractivity contribution is -0.130. The van der Waals surface area contributed by atoms with Gasteiger partial charge in [-0.2, -0.15) is 4.98 Å². The maximum Gasteiger partial charge on any atom is 0.229 e. The average molecular weight is 487 g/mol. The number of piperidine rings is 1. The predicted octanol–water partition coefficient (Wildman–Crippen LogP) is 4.41. The normalized spacial score (nSPS) is 17.1. The van der Waals surface area contributed by atoms with E-state index in [1.807, 2.05) is 29.2 Å². The second-order valence-electron chi connectivity index (χ2n) is 9.12. The van der Waals surface area contributed by atoms with Gasteiger partial charge in [-0.25, -0.2) is 4.98 Å². The van der Waals surface area contributed by atoms with E-state index in [0.717, 1.165) is 56.9 Å². The monoisotopic (exact) mass is 486 g/mol. The molecule has 0 unspecified atom stereocenters. The fourth-order valence-corrected chi connectivity index (χ4v) is 4.69. The Balaban J connectivity index is 1.26. The van der Waals surface area contributed by atoms with Gasteiger partial charge in [0.05, 0.1) is 11.6 Å². The average Bonchev–Trinajstić information content (AvgIpc) is 3.36. The van der Waals surface area contributed by atoms with Crippen LogP contribution in [-0.2, 0) is 4.79 Å². The standard InChI is InChI=1S/C25H35ClN6O2/c1-19(33)32-14-8-20(9-15-32)18-28-24-7-10-27-25(30-24)29-21-5-6-22(26)23(17-21)34-16-4-13-31-11-2-3-12-31/h5-7,10,17,20H,2-4,8-9,11-16,18H2,1H3,(H2,27,28,29,30). The molecule has 2 saturated heterocycles. The molecule has 2 fully saturated rings. The summed E-state index contributed by atoms with van der Waals surface area (Å²) in [5.74, 6) is 2.65. The Hall–Kier alpha value is -2.58. The van der Waals surface area contributed by atoms with E-state index in [1.54, 1.807) is 13.1 Å². The van der Waals surface area contributed by atoms with Gasteiger partial charge in [0.2, 0.25) is 11.9 Å². The van der Waals surface area contributed by atoms with Gasteiger partial charge in [0.15, 0.2) is 0 Å². The van der Waals surface area contributed by atoms with E-state index in [0.29, 0.717) is 29.2 Å². The number of carbonyl (C=O) groups is 1. The summed E-state index contributed by atoms with van der Waals surface area (Å²) in [5, 5.41) is 7.26. The summed E-state index contributed by atoms with van der Waals surface area (Å²) in [6.07, 6.45) is 7.35. The van der Waals surface area contributed by atoms with Crippen molar-refractivity contribution >= 4 is 35.0 Å². The number of rotatable bonds is 10. The lowest BCUT2D eigenvalue weighted by atomic mass is 9.97. The predicted molar refractivity (Wildman–Crippen MR) is 136 cm³/mol. The Kier molecular flexibility index (Phi) is 8.82. The highest BCUT2D eigenvalue weighted by Crippen LogP contribution is 2.29. The van der Waals surface area contributed by atoms with Crippen LogP contribution in [0.1, 0.15) is 39.0 Å². The van der Waals surface area contributed by atoms with E-state index in [2.05, 4.69) is 25.5 Å². The Bertz CT molecular complexity index is 945. The van der Waals surface area contributed by atoms with Crippen molar-refractivity contribution in [3.8, 4) is 5.75 Å². The highest BCUT2D eigenvalue weighted by molar-refractivity contribution is 6.32. The van der Waals surface area contributed by atoms with Crippen LogP contribution in [0.25, 0.3) is 0 Å². The van der Waals surface area contributed by atoms with Crippen molar-refractivity contribution in [1.29, 1.82) is 0 Å². The van der Waals surface area contributed by atoms with Crippen molar-refractivity contribution in [1.82, 2.24) is 19.8 Å². The SMILES string of the molecule is CC(=O)N1CCC(CNc2ccnc(Nc3ccc(Cl)c(OCCCN4CCCC4)c3)n2)CC1.